The molecule has 5 rings (SSSR count). The van der Waals surface area contributed by atoms with E-state index in [1.54, 1.807) is 0 Å². The van der Waals surface area contributed by atoms with Gasteiger partial charge in [-0.05, 0) is 58.8 Å². The standard InChI is InChI=1S/C25H41FN6O2/c1-17(2)30-13-15-31(16-14-30)20-6-4-5-19(26)21(20)27-24(33)32-11-9-25(3,10-12-32)23-28-22(34-29-23)18-7-8-18/h17-21H,4-16H2,1-3H3,(H,27,33)/t19-,20?,21+/m1/s1. The van der Waals surface area contributed by atoms with Crippen molar-refractivity contribution in [2.75, 3.05) is 39.3 Å². The van der Waals surface area contributed by atoms with Crippen LogP contribution in [0.15, 0.2) is 4.52 Å². The number of urea groups is 1. The molecule has 3 atom stereocenters. The number of nitrogens with one attached hydrogen (secondary N) is 1. The summed E-state index contributed by atoms with van der Waals surface area (Å²) < 4.78 is 20.6. The van der Waals surface area contributed by atoms with Gasteiger partial charge in [-0.3, -0.25) is 9.80 Å². The van der Waals surface area contributed by atoms with Crippen LogP contribution in [0.5, 0.6) is 0 Å². The highest BCUT2D eigenvalue weighted by molar-refractivity contribution is 5.75. The highest BCUT2D eigenvalue weighted by Gasteiger charge is 2.42. The van der Waals surface area contributed by atoms with Crippen LogP contribution in [0.2, 0.25) is 0 Å². The van der Waals surface area contributed by atoms with Gasteiger partial charge in [0.05, 0.1) is 6.04 Å². The molecule has 1 aromatic rings. The number of rotatable bonds is 5. The number of piperidine rings is 1. The van der Waals surface area contributed by atoms with Crippen LogP contribution in [-0.4, -0.2) is 94.4 Å². The second kappa shape index (κ2) is 9.72. The van der Waals surface area contributed by atoms with E-state index in [2.05, 4.69) is 46.0 Å². The first-order chi connectivity index (χ1) is 16.3. The number of halogens is 1. The Bertz CT molecular complexity index is 842. The van der Waals surface area contributed by atoms with Gasteiger partial charge in [0, 0.05) is 62.7 Å². The molecular weight excluding hydrogens is 435 g/mol. The molecule has 9 heteroatoms. The van der Waals surface area contributed by atoms with Crippen LogP contribution in [-0.2, 0) is 5.41 Å². The molecule has 8 nitrogen and oxygen atoms in total. The highest BCUT2D eigenvalue weighted by Crippen LogP contribution is 2.41. The maximum Gasteiger partial charge on any atom is 0.317 e. The summed E-state index contributed by atoms with van der Waals surface area (Å²) in [5.41, 5.74) is -0.181. The number of alkyl halides is 1. The van der Waals surface area contributed by atoms with Gasteiger partial charge in [0.15, 0.2) is 5.82 Å². The lowest BCUT2D eigenvalue weighted by atomic mass is 9.79. The maximum absolute atomic E-state index is 15.1. The van der Waals surface area contributed by atoms with Gasteiger partial charge in [0.2, 0.25) is 5.89 Å². The SMILES string of the molecule is CC(C)N1CCN(C2CCC[C@@H](F)[C@@H]2NC(=O)N2CCC(C)(c3noc(C4CC4)n3)CC2)CC1. The van der Waals surface area contributed by atoms with Crippen LogP contribution in [0.25, 0.3) is 0 Å². The molecule has 2 saturated carbocycles. The molecule has 2 amide bonds. The molecule has 4 fully saturated rings. The number of carbonyl (C=O) groups is 1. The molecule has 1 aromatic heterocycles. The van der Waals surface area contributed by atoms with Gasteiger partial charge in [-0.15, -0.1) is 0 Å². The predicted octanol–water partition coefficient (Wildman–Crippen LogP) is 3.30. The van der Waals surface area contributed by atoms with Gasteiger partial charge in [0.1, 0.15) is 6.17 Å². The molecule has 2 aliphatic heterocycles. The molecule has 0 aromatic carbocycles. The van der Waals surface area contributed by atoms with Gasteiger partial charge in [0.25, 0.3) is 0 Å². The van der Waals surface area contributed by atoms with Crippen molar-refractivity contribution in [2.24, 2.45) is 0 Å². The predicted molar refractivity (Wildman–Crippen MR) is 128 cm³/mol. The number of piperazine rings is 1. The zero-order valence-corrected chi connectivity index (χ0v) is 21.0. The summed E-state index contributed by atoms with van der Waals surface area (Å²) >= 11 is 0. The van der Waals surface area contributed by atoms with Crippen molar-refractivity contribution in [3.63, 3.8) is 0 Å². The van der Waals surface area contributed by atoms with Crippen LogP contribution < -0.4 is 5.32 Å². The van der Waals surface area contributed by atoms with Crippen molar-refractivity contribution in [3.8, 4) is 0 Å². The molecule has 34 heavy (non-hydrogen) atoms. The Morgan fingerprint density at radius 3 is 2.44 bits per heavy atom. The van der Waals surface area contributed by atoms with Crippen molar-refractivity contribution in [3.05, 3.63) is 11.7 Å². The molecular formula is C25H41FN6O2. The van der Waals surface area contributed by atoms with E-state index >= 15 is 4.39 Å². The van der Waals surface area contributed by atoms with Crippen molar-refractivity contribution in [2.45, 2.75) is 101 Å². The lowest BCUT2D eigenvalue weighted by Gasteiger charge is -2.46. The van der Waals surface area contributed by atoms with Gasteiger partial charge in [-0.1, -0.05) is 12.1 Å². The van der Waals surface area contributed by atoms with E-state index in [9.17, 15) is 4.79 Å². The minimum atomic E-state index is -0.985. The summed E-state index contributed by atoms with van der Waals surface area (Å²) in [5.74, 6) is 1.98. The van der Waals surface area contributed by atoms with Crippen LogP contribution in [0.3, 0.4) is 0 Å². The first-order valence-electron chi connectivity index (χ1n) is 13.4. The average Bonchev–Trinajstić information content (AvgIpc) is 3.56. The van der Waals surface area contributed by atoms with Crippen LogP contribution in [0.4, 0.5) is 9.18 Å². The first kappa shape index (κ1) is 24.0. The lowest BCUT2D eigenvalue weighted by molar-refractivity contribution is 0.0264. The van der Waals surface area contributed by atoms with E-state index in [1.807, 2.05) is 4.90 Å². The Kier molecular flexibility index (Phi) is 6.86. The highest BCUT2D eigenvalue weighted by atomic mass is 19.1. The fraction of sp³-hybridized carbons (Fsp3) is 0.880. The first-order valence-corrected chi connectivity index (χ1v) is 13.4. The third-order valence-electron chi connectivity index (χ3n) is 8.68. The molecule has 2 aliphatic carbocycles. The molecule has 0 radical (unpaired) electrons. The van der Waals surface area contributed by atoms with E-state index < -0.39 is 12.2 Å². The van der Waals surface area contributed by atoms with Crippen LogP contribution in [0, 0.1) is 0 Å². The Labute approximate surface area is 202 Å². The van der Waals surface area contributed by atoms with Crippen molar-refractivity contribution in [1.29, 1.82) is 0 Å². The summed E-state index contributed by atoms with van der Waals surface area (Å²) in [4.78, 5) is 24.6. The van der Waals surface area contributed by atoms with Gasteiger partial charge in [-0.2, -0.15) is 4.98 Å². The molecule has 1 unspecified atom stereocenters. The monoisotopic (exact) mass is 476 g/mol. The van der Waals surface area contributed by atoms with Gasteiger partial charge >= 0.3 is 6.03 Å². The molecule has 0 spiro atoms. The molecule has 0 bridgehead atoms. The Morgan fingerprint density at radius 2 is 1.79 bits per heavy atom. The number of amides is 2. The van der Waals surface area contributed by atoms with Crippen molar-refractivity contribution in [1.82, 2.24) is 30.2 Å². The third-order valence-corrected chi connectivity index (χ3v) is 8.68. The number of likely N-dealkylation sites (tertiary alicyclic amines) is 1. The maximum atomic E-state index is 15.1. The quantitative estimate of drug-likeness (QED) is 0.703. The fourth-order valence-corrected chi connectivity index (χ4v) is 5.94. The van der Waals surface area contributed by atoms with Crippen LogP contribution in [0.1, 0.15) is 83.3 Å². The van der Waals surface area contributed by atoms with Gasteiger partial charge in [-0.25, -0.2) is 9.18 Å². The molecule has 1 N–H and O–H groups in total. The zero-order valence-electron chi connectivity index (χ0n) is 21.0. The minimum absolute atomic E-state index is 0.0808. The minimum Gasteiger partial charge on any atom is -0.339 e. The van der Waals surface area contributed by atoms with Gasteiger partial charge < -0.3 is 14.7 Å². The smallest absolute Gasteiger partial charge is 0.317 e. The fourth-order valence-electron chi connectivity index (χ4n) is 5.94. The van der Waals surface area contributed by atoms with E-state index in [0.29, 0.717) is 31.5 Å². The normalized spacial score (nSPS) is 31.1. The summed E-state index contributed by atoms with van der Waals surface area (Å²) in [7, 11) is 0. The average molecular weight is 477 g/mol. The topological polar surface area (TPSA) is 77.7 Å². The summed E-state index contributed by atoms with van der Waals surface area (Å²) in [6, 6.07) is 0.0559. The largest absolute Gasteiger partial charge is 0.339 e. The number of hydrogen-bond donors (Lipinski definition) is 1. The second-order valence-corrected chi connectivity index (χ2v) is 11.4. The Morgan fingerprint density at radius 1 is 1.09 bits per heavy atom. The molecule has 3 heterocycles. The Hall–Kier alpha value is -1.74. The van der Waals surface area contributed by atoms with Crippen LogP contribution >= 0.6 is 0 Å². The Balaban J connectivity index is 1.17. The summed E-state index contributed by atoms with van der Waals surface area (Å²) in [6.45, 7) is 11.8. The third kappa shape index (κ3) is 4.96. The number of carbonyl (C=O) groups excluding carboxylic acids is 1. The van der Waals surface area contributed by atoms with E-state index in [1.165, 1.54) is 0 Å². The zero-order chi connectivity index (χ0) is 23.9. The molecule has 4 aliphatic rings. The van der Waals surface area contributed by atoms with Crippen molar-refractivity contribution < 1.29 is 13.7 Å². The summed E-state index contributed by atoms with van der Waals surface area (Å²) in [6.07, 6.45) is 5.23. The summed E-state index contributed by atoms with van der Waals surface area (Å²) in [5, 5.41) is 7.38. The van der Waals surface area contributed by atoms with E-state index in [4.69, 9.17) is 4.52 Å². The number of hydrogen-bond acceptors (Lipinski definition) is 6. The number of aromatic nitrogens is 2. The number of nitrogens with zero attached hydrogens (tertiary/aromatic N) is 5. The van der Waals surface area contributed by atoms with Crippen molar-refractivity contribution >= 4 is 6.03 Å². The molecule has 190 valence electrons. The van der Waals surface area contributed by atoms with E-state index in [0.717, 1.165) is 76.4 Å². The lowest BCUT2D eigenvalue weighted by Crippen LogP contribution is -2.63. The second-order valence-electron chi connectivity index (χ2n) is 11.4. The molecule has 2 saturated heterocycles. The van der Waals surface area contributed by atoms with E-state index in [-0.39, 0.29) is 17.5 Å².